The van der Waals surface area contributed by atoms with Crippen LogP contribution in [-0.4, -0.2) is 50.4 Å². The second-order valence-corrected chi connectivity index (χ2v) is 3.94. The van der Waals surface area contributed by atoms with Crippen molar-refractivity contribution >= 4 is 26.5 Å². The standard InChI is InChI=1S/C10H13N4Se/c1-8(9-6-4-5-7-11-9)12-13-10(15)14(2)3/h4-7H,1-3H3/b12-8+,13-10?. The summed E-state index contributed by atoms with van der Waals surface area (Å²) in [5.41, 5.74) is 1.64. The second kappa shape index (κ2) is 5.63. The monoisotopic (exact) mass is 269 g/mol. The van der Waals surface area contributed by atoms with Gasteiger partial charge < -0.3 is 0 Å². The van der Waals surface area contributed by atoms with E-state index in [1.54, 1.807) is 6.20 Å². The van der Waals surface area contributed by atoms with E-state index in [2.05, 4.69) is 31.2 Å². The van der Waals surface area contributed by atoms with Gasteiger partial charge in [-0.25, -0.2) is 0 Å². The van der Waals surface area contributed by atoms with E-state index >= 15 is 0 Å². The van der Waals surface area contributed by atoms with Crippen molar-refractivity contribution < 1.29 is 0 Å². The molecule has 0 atom stereocenters. The molecule has 0 saturated carbocycles. The SMILES string of the molecule is C/C(=N\N=C([Se])N(C)C)c1ccccn1. The van der Waals surface area contributed by atoms with Crippen LogP contribution in [0, 0.1) is 0 Å². The number of nitrogens with zero attached hydrogens (tertiary/aromatic N) is 4. The van der Waals surface area contributed by atoms with Gasteiger partial charge >= 0.3 is 97.7 Å². The maximum absolute atomic E-state index is 4.18. The first kappa shape index (κ1) is 11.9. The number of hydrogen-bond acceptors (Lipinski definition) is 3. The van der Waals surface area contributed by atoms with E-state index in [4.69, 9.17) is 0 Å². The Labute approximate surface area is 97.9 Å². The summed E-state index contributed by atoms with van der Waals surface area (Å²) in [6.07, 6.45) is 1.74. The molecular formula is C10H13N4Se. The van der Waals surface area contributed by atoms with Crippen molar-refractivity contribution in [1.29, 1.82) is 0 Å². The third-order valence-electron chi connectivity index (χ3n) is 1.70. The molecule has 0 saturated heterocycles. The molecule has 0 bridgehead atoms. The van der Waals surface area contributed by atoms with Crippen molar-refractivity contribution in [1.82, 2.24) is 9.88 Å². The zero-order valence-corrected chi connectivity index (χ0v) is 10.7. The molecule has 0 aliphatic heterocycles. The summed E-state index contributed by atoms with van der Waals surface area (Å²) in [5.74, 6) is 0. The van der Waals surface area contributed by atoms with Gasteiger partial charge in [-0.15, -0.1) is 0 Å². The third kappa shape index (κ3) is 3.81. The van der Waals surface area contributed by atoms with Gasteiger partial charge in [-0.1, -0.05) is 0 Å². The first-order valence-electron chi connectivity index (χ1n) is 4.49. The zero-order valence-electron chi connectivity index (χ0n) is 9.01. The Morgan fingerprint density at radius 1 is 1.33 bits per heavy atom. The number of hydrogen-bond donors (Lipinski definition) is 0. The number of amidine groups is 1. The van der Waals surface area contributed by atoms with Crippen molar-refractivity contribution in [2.75, 3.05) is 14.1 Å². The molecular weight excluding hydrogens is 255 g/mol. The molecule has 5 heteroatoms. The Morgan fingerprint density at radius 3 is 2.60 bits per heavy atom. The normalized spacial score (nSPS) is 12.7. The summed E-state index contributed by atoms with van der Waals surface area (Å²) in [5, 5.41) is 8.12. The molecule has 0 amide bonds. The predicted molar refractivity (Wildman–Crippen MR) is 63.3 cm³/mol. The van der Waals surface area contributed by atoms with Crippen LogP contribution in [0.1, 0.15) is 12.6 Å². The molecule has 79 valence electrons. The molecule has 1 heterocycles. The molecule has 1 radical (unpaired) electrons. The van der Waals surface area contributed by atoms with Crippen LogP contribution in [0.25, 0.3) is 0 Å². The summed E-state index contributed by atoms with van der Waals surface area (Å²) in [6.45, 7) is 1.88. The Bertz CT molecular complexity index is 370. The summed E-state index contributed by atoms with van der Waals surface area (Å²) in [4.78, 5) is 6.03. The molecule has 0 aromatic carbocycles. The zero-order chi connectivity index (χ0) is 11.3. The van der Waals surface area contributed by atoms with Crippen LogP contribution in [0.2, 0.25) is 0 Å². The van der Waals surface area contributed by atoms with E-state index in [9.17, 15) is 0 Å². The van der Waals surface area contributed by atoms with Gasteiger partial charge in [-0.05, 0) is 0 Å². The van der Waals surface area contributed by atoms with Crippen molar-refractivity contribution in [2.45, 2.75) is 6.92 Å². The van der Waals surface area contributed by atoms with Crippen LogP contribution in [0.15, 0.2) is 34.6 Å². The fourth-order valence-electron chi connectivity index (χ4n) is 0.835. The number of rotatable bonds is 2. The van der Waals surface area contributed by atoms with E-state index in [1.165, 1.54) is 0 Å². The fourth-order valence-corrected chi connectivity index (χ4v) is 0.921. The van der Waals surface area contributed by atoms with E-state index in [0.717, 1.165) is 16.1 Å². The number of pyridine rings is 1. The average molecular weight is 268 g/mol. The molecule has 0 spiro atoms. The topological polar surface area (TPSA) is 40.9 Å². The predicted octanol–water partition coefficient (Wildman–Crippen LogP) is 0.892. The molecule has 1 rings (SSSR count). The van der Waals surface area contributed by atoms with Gasteiger partial charge in [0.1, 0.15) is 0 Å². The van der Waals surface area contributed by atoms with Crippen LogP contribution >= 0.6 is 0 Å². The molecule has 0 fully saturated rings. The molecule has 1 aromatic heterocycles. The van der Waals surface area contributed by atoms with Crippen LogP contribution in [0.5, 0.6) is 0 Å². The van der Waals surface area contributed by atoms with Gasteiger partial charge in [-0.3, -0.25) is 0 Å². The van der Waals surface area contributed by atoms with E-state index < -0.39 is 0 Å². The van der Waals surface area contributed by atoms with Gasteiger partial charge in [0.25, 0.3) is 0 Å². The summed E-state index contributed by atoms with van der Waals surface area (Å²) in [6, 6.07) is 5.71. The van der Waals surface area contributed by atoms with Crippen LogP contribution in [0.4, 0.5) is 0 Å². The second-order valence-electron chi connectivity index (χ2n) is 3.18. The Kier molecular flexibility index (Phi) is 4.46. The first-order valence-corrected chi connectivity index (χ1v) is 5.35. The van der Waals surface area contributed by atoms with E-state index in [-0.39, 0.29) is 0 Å². The van der Waals surface area contributed by atoms with Crippen molar-refractivity contribution in [3.8, 4) is 0 Å². The molecule has 0 aliphatic carbocycles. The molecule has 1 aromatic rings. The maximum atomic E-state index is 4.18. The molecule has 15 heavy (non-hydrogen) atoms. The minimum absolute atomic E-state index is 0.741. The van der Waals surface area contributed by atoms with Gasteiger partial charge in [0.05, 0.1) is 0 Å². The van der Waals surface area contributed by atoms with Crippen LogP contribution < -0.4 is 0 Å². The van der Waals surface area contributed by atoms with Gasteiger partial charge in [-0.2, -0.15) is 0 Å². The summed E-state index contributed by atoms with van der Waals surface area (Å²) < 4.78 is 0.741. The van der Waals surface area contributed by atoms with E-state index in [1.807, 2.05) is 44.1 Å². The van der Waals surface area contributed by atoms with Crippen molar-refractivity contribution in [2.24, 2.45) is 10.2 Å². The van der Waals surface area contributed by atoms with E-state index in [0.29, 0.717) is 0 Å². The summed E-state index contributed by atoms with van der Waals surface area (Å²) >= 11 is 2.83. The molecule has 0 aliphatic rings. The third-order valence-corrected chi connectivity index (χ3v) is 2.64. The quantitative estimate of drug-likeness (QED) is 0.346. The Morgan fingerprint density at radius 2 is 2.07 bits per heavy atom. The van der Waals surface area contributed by atoms with Crippen LogP contribution in [-0.2, 0) is 0 Å². The minimum atomic E-state index is 0.741. The average Bonchev–Trinajstić information content (AvgIpc) is 2.26. The van der Waals surface area contributed by atoms with Crippen molar-refractivity contribution in [3.05, 3.63) is 30.1 Å². The molecule has 4 nitrogen and oxygen atoms in total. The van der Waals surface area contributed by atoms with Crippen LogP contribution in [0.3, 0.4) is 0 Å². The Balaban J connectivity index is 2.82. The van der Waals surface area contributed by atoms with Gasteiger partial charge in [0.2, 0.25) is 0 Å². The Hall–Kier alpha value is -1.19. The first-order chi connectivity index (χ1) is 7.11. The van der Waals surface area contributed by atoms with Gasteiger partial charge in [0, 0.05) is 0 Å². The van der Waals surface area contributed by atoms with Crippen molar-refractivity contribution in [3.63, 3.8) is 0 Å². The number of aromatic nitrogens is 1. The van der Waals surface area contributed by atoms with Gasteiger partial charge in [0.15, 0.2) is 0 Å². The fraction of sp³-hybridized carbons (Fsp3) is 0.300. The molecule has 0 N–H and O–H groups in total. The molecule has 0 unspecified atom stereocenters. The summed E-state index contributed by atoms with van der Waals surface area (Å²) in [7, 11) is 3.81.